The van der Waals surface area contributed by atoms with Crippen LogP contribution in [-0.4, -0.2) is 26.2 Å². The van der Waals surface area contributed by atoms with Crippen molar-refractivity contribution in [2.24, 2.45) is 0 Å². The molecule has 0 atom stereocenters. The van der Waals surface area contributed by atoms with Crippen molar-refractivity contribution in [3.63, 3.8) is 0 Å². The van der Waals surface area contributed by atoms with Crippen LogP contribution in [0.4, 0.5) is 8.78 Å². The molecule has 0 fully saturated rings. The molecule has 100 valence electrons. The van der Waals surface area contributed by atoms with E-state index in [1.165, 1.54) is 25.3 Å². The van der Waals surface area contributed by atoms with E-state index in [2.05, 4.69) is 14.8 Å². The molecule has 0 saturated carbocycles. The number of methoxy groups -OCH3 is 1. The Morgan fingerprint density at radius 1 is 1.50 bits per heavy atom. The molecule has 0 heterocycles. The van der Waals surface area contributed by atoms with E-state index in [-0.39, 0.29) is 18.8 Å². The molecule has 0 amide bonds. The Labute approximate surface area is 108 Å². The van der Waals surface area contributed by atoms with Crippen molar-refractivity contribution in [1.82, 2.24) is 5.32 Å². The maximum Gasteiger partial charge on any atom is 0.387 e. The summed E-state index contributed by atoms with van der Waals surface area (Å²) in [7, 11) is 1.26. The van der Waals surface area contributed by atoms with E-state index in [4.69, 9.17) is 11.6 Å². The highest BCUT2D eigenvalue weighted by molar-refractivity contribution is 6.30. The Morgan fingerprint density at radius 2 is 2.22 bits per heavy atom. The number of rotatable bonds is 6. The summed E-state index contributed by atoms with van der Waals surface area (Å²) in [4.78, 5) is 10.9. The third-order valence-corrected chi connectivity index (χ3v) is 2.29. The number of hydrogen-bond donors (Lipinski definition) is 1. The molecular formula is C11H12ClF2NO3. The van der Waals surface area contributed by atoms with Gasteiger partial charge < -0.3 is 14.8 Å². The molecule has 0 aliphatic carbocycles. The second kappa shape index (κ2) is 7.13. The van der Waals surface area contributed by atoms with Crippen LogP contribution in [0.3, 0.4) is 0 Å². The lowest BCUT2D eigenvalue weighted by Crippen LogP contribution is -2.23. The van der Waals surface area contributed by atoms with Gasteiger partial charge in [0.15, 0.2) is 0 Å². The van der Waals surface area contributed by atoms with Crippen molar-refractivity contribution in [2.75, 3.05) is 13.7 Å². The highest BCUT2D eigenvalue weighted by Gasteiger charge is 2.10. The molecule has 0 radical (unpaired) electrons. The van der Waals surface area contributed by atoms with Crippen molar-refractivity contribution < 1.29 is 23.0 Å². The minimum atomic E-state index is -2.91. The Morgan fingerprint density at radius 3 is 2.83 bits per heavy atom. The van der Waals surface area contributed by atoms with Gasteiger partial charge in [0.2, 0.25) is 0 Å². The van der Waals surface area contributed by atoms with Gasteiger partial charge in [-0.05, 0) is 18.2 Å². The first kappa shape index (κ1) is 14.7. The van der Waals surface area contributed by atoms with Crippen LogP contribution in [0.5, 0.6) is 5.75 Å². The van der Waals surface area contributed by atoms with E-state index < -0.39 is 12.6 Å². The lowest BCUT2D eigenvalue weighted by molar-refractivity contribution is -0.139. The zero-order valence-corrected chi connectivity index (χ0v) is 10.3. The summed E-state index contributed by atoms with van der Waals surface area (Å²) in [5.41, 5.74) is 0.437. The minimum Gasteiger partial charge on any atom is -0.468 e. The van der Waals surface area contributed by atoms with Crippen molar-refractivity contribution in [2.45, 2.75) is 13.2 Å². The van der Waals surface area contributed by atoms with E-state index in [1.807, 2.05) is 0 Å². The number of alkyl halides is 2. The number of hydrogen-bond acceptors (Lipinski definition) is 4. The SMILES string of the molecule is COC(=O)CNCc1cc(Cl)ccc1OC(F)F. The Bertz CT molecular complexity index is 415. The molecule has 0 aliphatic rings. The summed E-state index contributed by atoms with van der Waals surface area (Å²) in [6.45, 7) is -2.78. The number of carbonyl (C=O) groups excluding carboxylic acids is 1. The summed E-state index contributed by atoms with van der Waals surface area (Å²) in [6, 6.07) is 4.29. The Balaban J connectivity index is 2.66. The first-order chi connectivity index (χ1) is 8.52. The molecule has 1 rings (SSSR count). The summed E-state index contributed by atoms with van der Waals surface area (Å²) in [5.74, 6) is -0.430. The molecule has 0 saturated heterocycles. The van der Waals surface area contributed by atoms with Crippen molar-refractivity contribution in [3.8, 4) is 5.75 Å². The lowest BCUT2D eigenvalue weighted by atomic mass is 10.2. The van der Waals surface area contributed by atoms with Gasteiger partial charge in [0, 0.05) is 17.1 Å². The predicted molar refractivity (Wildman–Crippen MR) is 61.8 cm³/mol. The van der Waals surface area contributed by atoms with Gasteiger partial charge in [0.25, 0.3) is 0 Å². The van der Waals surface area contributed by atoms with Gasteiger partial charge >= 0.3 is 12.6 Å². The number of halogens is 3. The Hall–Kier alpha value is -1.40. The highest BCUT2D eigenvalue weighted by Crippen LogP contribution is 2.24. The molecule has 1 aromatic carbocycles. The first-order valence-corrected chi connectivity index (χ1v) is 5.41. The molecule has 0 bridgehead atoms. The number of ether oxygens (including phenoxy) is 2. The molecule has 7 heteroatoms. The van der Waals surface area contributed by atoms with E-state index in [9.17, 15) is 13.6 Å². The topological polar surface area (TPSA) is 47.6 Å². The zero-order valence-electron chi connectivity index (χ0n) is 9.58. The third kappa shape index (κ3) is 4.85. The quantitative estimate of drug-likeness (QED) is 0.811. The Kier molecular flexibility index (Phi) is 5.80. The van der Waals surface area contributed by atoms with Gasteiger partial charge in [0.05, 0.1) is 13.7 Å². The second-order valence-electron chi connectivity index (χ2n) is 3.31. The first-order valence-electron chi connectivity index (χ1n) is 5.03. The maximum absolute atomic E-state index is 12.2. The van der Waals surface area contributed by atoms with Crippen LogP contribution in [0, 0.1) is 0 Å². The van der Waals surface area contributed by atoms with E-state index in [0.29, 0.717) is 10.6 Å². The number of esters is 1. The molecule has 0 spiro atoms. The van der Waals surface area contributed by atoms with Gasteiger partial charge in [-0.15, -0.1) is 0 Å². The van der Waals surface area contributed by atoms with Crippen LogP contribution in [-0.2, 0) is 16.1 Å². The minimum absolute atomic E-state index is 0.0202. The molecule has 18 heavy (non-hydrogen) atoms. The smallest absolute Gasteiger partial charge is 0.387 e. The van der Waals surface area contributed by atoms with Crippen molar-refractivity contribution in [3.05, 3.63) is 28.8 Å². The summed E-state index contributed by atoms with van der Waals surface area (Å²) < 4.78 is 33.1. The molecule has 1 N–H and O–H groups in total. The zero-order chi connectivity index (χ0) is 13.5. The van der Waals surface area contributed by atoms with Crippen LogP contribution < -0.4 is 10.1 Å². The summed E-state index contributed by atoms with van der Waals surface area (Å²) in [6.07, 6.45) is 0. The van der Waals surface area contributed by atoms with Crippen LogP contribution in [0.15, 0.2) is 18.2 Å². The van der Waals surface area contributed by atoms with Crippen molar-refractivity contribution in [1.29, 1.82) is 0 Å². The van der Waals surface area contributed by atoms with Crippen LogP contribution in [0.1, 0.15) is 5.56 Å². The summed E-state index contributed by atoms with van der Waals surface area (Å²) >= 11 is 5.76. The highest BCUT2D eigenvalue weighted by atomic mass is 35.5. The average Bonchev–Trinajstić information content (AvgIpc) is 2.31. The number of carbonyl (C=O) groups is 1. The van der Waals surface area contributed by atoms with E-state index >= 15 is 0 Å². The molecule has 0 aliphatic heterocycles. The monoisotopic (exact) mass is 279 g/mol. The molecular weight excluding hydrogens is 268 g/mol. The fourth-order valence-electron chi connectivity index (χ4n) is 1.27. The lowest BCUT2D eigenvalue weighted by Gasteiger charge is -2.11. The molecule has 0 aromatic heterocycles. The summed E-state index contributed by atoms with van der Waals surface area (Å²) in [5, 5.41) is 3.13. The van der Waals surface area contributed by atoms with Crippen molar-refractivity contribution >= 4 is 17.6 Å². The largest absolute Gasteiger partial charge is 0.468 e. The molecule has 0 unspecified atom stereocenters. The number of benzene rings is 1. The normalized spacial score (nSPS) is 10.5. The van der Waals surface area contributed by atoms with Gasteiger partial charge in [-0.2, -0.15) is 8.78 Å². The average molecular weight is 280 g/mol. The standard InChI is InChI=1S/C11H12ClF2NO3/c1-17-10(16)6-15-5-7-4-8(12)2-3-9(7)18-11(13)14/h2-4,11,15H,5-6H2,1H3. The van der Waals surface area contributed by atoms with Gasteiger partial charge in [-0.25, -0.2) is 0 Å². The third-order valence-electron chi connectivity index (χ3n) is 2.05. The van der Waals surface area contributed by atoms with E-state index in [0.717, 1.165) is 0 Å². The predicted octanol–water partition coefficient (Wildman–Crippen LogP) is 2.20. The molecule has 1 aromatic rings. The van der Waals surface area contributed by atoms with Crippen LogP contribution >= 0.6 is 11.6 Å². The molecule has 4 nitrogen and oxygen atoms in total. The number of nitrogens with one attached hydrogen (secondary N) is 1. The van der Waals surface area contributed by atoms with Crippen LogP contribution in [0.2, 0.25) is 5.02 Å². The second-order valence-corrected chi connectivity index (χ2v) is 3.75. The van der Waals surface area contributed by atoms with Gasteiger partial charge in [-0.1, -0.05) is 11.6 Å². The van der Waals surface area contributed by atoms with Gasteiger partial charge in [0.1, 0.15) is 5.75 Å². The van der Waals surface area contributed by atoms with Crippen LogP contribution in [0.25, 0.3) is 0 Å². The fourth-order valence-corrected chi connectivity index (χ4v) is 1.46. The van der Waals surface area contributed by atoms with Gasteiger partial charge in [-0.3, -0.25) is 4.79 Å². The maximum atomic E-state index is 12.2. The fraction of sp³-hybridized carbons (Fsp3) is 0.364. The van der Waals surface area contributed by atoms with E-state index in [1.54, 1.807) is 0 Å².